The number of amides is 1. The van der Waals surface area contributed by atoms with E-state index in [9.17, 15) is 14.7 Å². The van der Waals surface area contributed by atoms with Crippen molar-refractivity contribution < 1.29 is 19.4 Å². The first-order chi connectivity index (χ1) is 11.1. The van der Waals surface area contributed by atoms with Gasteiger partial charge in [0.05, 0.1) is 17.9 Å². The smallest absolute Gasteiger partial charge is 0.306 e. The Morgan fingerprint density at radius 1 is 1.09 bits per heavy atom. The number of rotatable bonds is 4. The maximum atomic E-state index is 12.7. The van der Waals surface area contributed by atoms with Crippen molar-refractivity contribution in [1.29, 1.82) is 0 Å². The Bertz CT molecular complexity index is 617. The lowest BCUT2D eigenvalue weighted by Crippen LogP contribution is -2.40. The fraction of sp³-hybridized carbons (Fsp3) is 0.556. The molecular formula is C18H21NO4. The van der Waals surface area contributed by atoms with Gasteiger partial charge in [0.1, 0.15) is 0 Å². The number of carboxylic acids is 1. The molecule has 0 aromatic heterocycles. The molecule has 2 aliphatic carbocycles. The van der Waals surface area contributed by atoms with Crippen molar-refractivity contribution >= 4 is 11.9 Å². The molecule has 1 heterocycles. The molecule has 0 bridgehead atoms. The highest BCUT2D eigenvalue weighted by atomic mass is 16.5. The van der Waals surface area contributed by atoms with Crippen molar-refractivity contribution in [2.75, 3.05) is 6.61 Å². The number of carbonyl (C=O) groups excluding carboxylic acids is 1. The first kappa shape index (κ1) is 14.7. The van der Waals surface area contributed by atoms with E-state index in [1.807, 2.05) is 30.3 Å². The summed E-state index contributed by atoms with van der Waals surface area (Å²) in [5.74, 6) is -0.549. The van der Waals surface area contributed by atoms with Crippen molar-refractivity contribution in [3.8, 4) is 0 Å². The lowest BCUT2D eigenvalue weighted by Gasteiger charge is -2.22. The highest BCUT2D eigenvalue weighted by Crippen LogP contribution is 2.55. The first-order valence-corrected chi connectivity index (χ1v) is 8.35. The van der Waals surface area contributed by atoms with Crippen LogP contribution in [0.5, 0.6) is 0 Å². The summed E-state index contributed by atoms with van der Waals surface area (Å²) < 4.78 is 5.78. The molecule has 0 radical (unpaired) electrons. The van der Waals surface area contributed by atoms with Crippen LogP contribution in [0.25, 0.3) is 0 Å². The number of ether oxygens (including phenoxy) is 1. The van der Waals surface area contributed by atoms with Gasteiger partial charge in [0.15, 0.2) is 0 Å². The van der Waals surface area contributed by atoms with Gasteiger partial charge in [0, 0.05) is 12.6 Å². The third-order valence-corrected chi connectivity index (χ3v) is 5.63. The first-order valence-electron chi connectivity index (χ1n) is 8.35. The molecule has 3 aliphatic rings. The zero-order valence-corrected chi connectivity index (χ0v) is 12.9. The molecule has 2 N–H and O–H groups in total. The summed E-state index contributed by atoms with van der Waals surface area (Å²) in [6.45, 7) is 0.589. The molecule has 23 heavy (non-hydrogen) atoms. The third-order valence-electron chi connectivity index (χ3n) is 5.63. The van der Waals surface area contributed by atoms with Crippen LogP contribution in [0.3, 0.4) is 0 Å². The molecule has 3 fully saturated rings. The molecule has 1 saturated heterocycles. The van der Waals surface area contributed by atoms with Gasteiger partial charge in [-0.15, -0.1) is 0 Å². The van der Waals surface area contributed by atoms with Crippen LogP contribution in [0, 0.1) is 23.7 Å². The van der Waals surface area contributed by atoms with E-state index in [2.05, 4.69) is 5.32 Å². The molecule has 1 aliphatic heterocycles. The fourth-order valence-electron chi connectivity index (χ4n) is 4.35. The molecule has 2 saturated carbocycles. The van der Waals surface area contributed by atoms with E-state index < -0.39 is 5.97 Å². The maximum absolute atomic E-state index is 12.7. The van der Waals surface area contributed by atoms with Gasteiger partial charge in [0.25, 0.3) is 0 Å². The van der Waals surface area contributed by atoms with E-state index in [4.69, 9.17) is 4.74 Å². The maximum Gasteiger partial charge on any atom is 0.306 e. The molecule has 1 amide bonds. The minimum atomic E-state index is -0.722. The lowest BCUT2D eigenvalue weighted by atomic mass is 9.94. The van der Waals surface area contributed by atoms with Crippen molar-refractivity contribution in [3.05, 3.63) is 35.9 Å². The van der Waals surface area contributed by atoms with Gasteiger partial charge in [-0.3, -0.25) is 9.59 Å². The molecule has 5 heteroatoms. The number of carboxylic acid groups (broad SMARTS) is 1. The number of nitrogens with one attached hydrogen (secondary N) is 1. The molecule has 0 spiro atoms. The van der Waals surface area contributed by atoms with Crippen LogP contribution in [0.4, 0.5) is 0 Å². The van der Waals surface area contributed by atoms with Gasteiger partial charge in [-0.25, -0.2) is 0 Å². The molecular weight excluding hydrogens is 294 g/mol. The standard InChI is InChI=1S/C18H21NO4/c20-17(19-15-9-14(18(21)22)12-8-13(12)15)11-6-7-23-16(11)10-4-2-1-3-5-10/h1-5,11-16H,6-9H2,(H,19,20)(H,21,22)/t11-,12-,13+,14-,15+,16+/m1/s1. The summed E-state index contributed by atoms with van der Waals surface area (Å²) in [4.78, 5) is 23.9. The Morgan fingerprint density at radius 3 is 2.57 bits per heavy atom. The van der Waals surface area contributed by atoms with Gasteiger partial charge in [0.2, 0.25) is 5.91 Å². The summed E-state index contributed by atoms with van der Waals surface area (Å²) >= 11 is 0. The van der Waals surface area contributed by atoms with E-state index in [1.54, 1.807) is 0 Å². The van der Waals surface area contributed by atoms with E-state index in [0.29, 0.717) is 25.4 Å². The fourth-order valence-corrected chi connectivity index (χ4v) is 4.35. The van der Waals surface area contributed by atoms with Gasteiger partial charge in [-0.05, 0) is 36.7 Å². The van der Waals surface area contributed by atoms with E-state index in [1.165, 1.54) is 0 Å². The molecule has 122 valence electrons. The quantitative estimate of drug-likeness (QED) is 0.891. The summed E-state index contributed by atoms with van der Waals surface area (Å²) in [5.41, 5.74) is 1.03. The highest BCUT2D eigenvalue weighted by Gasteiger charge is 2.57. The topological polar surface area (TPSA) is 75.6 Å². The SMILES string of the molecule is O=C(O)[C@@H]1C[C@H](NC(=O)[C@@H]2CCO[C@H]2c2ccccc2)[C@H]2C[C@H]21. The number of benzene rings is 1. The largest absolute Gasteiger partial charge is 0.481 e. The predicted molar refractivity (Wildman–Crippen MR) is 82.5 cm³/mol. The lowest BCUT2D eigenvalue weighted by molar-refractivity contribution is -0.142. The second-order valence-electron chi connectivity index (χ2n) is 6.96. The zero-order valence-electron chi connectivity index (χ0n) is 12.9. The Morgan fingerprint density at radius 2 is 1.87 bits per heavy atom. The van der Waals surface area contributed by atoms with Gasteiger partial charge >= 0.3 is 5.97 Å². The van der Waals surface area contributed by atoms with Crippen molar-refractivity contribution in [1.82, 2.24) is 5.32 Å². The minimum Gasteiger partial charge on any atom is -0.481 e. The monoisotopic (exact) mass is 315 g/mol. The third kappa shape index (κ3) is 2.63. The van der Waals surface area contributed by atoms with Gasteiger partial charge in [-0.1, -0.05) is 30.3 Å². The van der Waals surface area contributed by atoms with Crippen molar-refractivity contribution in [2.24, 2.45) is 23.7 Å². The molecule has 4 rings (SSSR count). The number of aliphatic carboxylic acids is 1. The minimum absolute atomic E-state index is 0.0121. The van der Waals surface area contributed by atoms with Crippen LogP contribution >= 0.6 is 0 Å². The second-order valence-corrected chi connectivity index (χ2v) is 6.96. The van der Waals surface area contributed by atoms with Gasteiger partial charge < -0.3 is 15.2 Å². The summed E-state index contributed by atoms with van der Waals surface area (Å²) in [6.07, 6.45) is 2.03. The number of carbonyl (C=O) groups is 2. The number of fused-ring (bicyclic) bond motifs is 1. The number of hydrogen-bond donors (Lipinski definition) is 2. The van der Waals surface area contributed by atoms with E-state index in [-0.39, 0.29) is 35.8 Å². The van der Waals surface area contributed by atoms with Crippen LogP contribution in [0.2, 0.25) is 0 Å². The van der Waals surface area contributed by atoms with E-state index in [0.717, 1.165) is 12.0 Å². The Kier molecular flexibility index (Phi) is 3.60. The predicted octanol–water partition coefficient (Wildman–Crippen LogP) is 1.99. The van der Waals surface area contributed by atoms with Crippen LogP contribution < -0.4 is 5.32 Å². The average Bonchev–Trinajstić information content (AvgIpc) is 3.04. The summed E-state index contributed by atoms with van der Waals surface area (Å²) in [5, 5.41) is 12.3. The molecule has 1 aromatic carbocycles. The van der Waals surface area contributed by atoms with Crippen molar-refractivity contribution in [2.45, 2.75) is 31.4 Å². The normalized spacial score (nSPS) is 38.1. The van der Waals surface area contributed by atoms with Crippen LogP contribution in [0.1, 0.15) is 30.9 Å². The molecule has 0 unspecified atom stereocenters. The summed E-state index contributed by atoms with van der Waals surface area (Å²) in [7, 11) is 0. The zero-order chi connectivity index (χ0) is 16.0. The Balaban J connectivity index is 1.42. The highest BCUT2D eigenvalue weighted by molar-refractivity contribution is 5.80. The second kappa shape index (κ2) is 5.64. The summed E-state index contributed by atoms with van der Waals surface area (Å²) in [6, 6.07) is 9.85. The Hall–Kier alpha value is -1.88. The van der Waals surface area contributed by atoms with Gasteiger partial charge in [-0.2, -0.15) is 0 Å². The molecule has 1 aromatic rings. The average molecular weight is 315 g/mol. The molecule has 5 nitrogen and oxygen atoms in total. The van der Waals surface area contributed by atoms with Crippen LogP contribution in [-0.2, 0) is 14.3 Å². The molecule has 6 atom stereocenters. The van der Waals surface area contributed by atoms with Crippen LogP contribution in [0.15, 0.2) is 30.3 Å². The Labute approximate surface area is 135 Å². The van der Waals surface area contributed by atoms with Crippen molar-refractivity contribution in [3.63, 3.8) is 0 Å². The van der Waals surface area contributed by atoms with E-state index >= 15 is 0 Å². The number of hydrogen-bond acceptors (Lipinski definition) is 3. The van der Waals surface area contributed by atoms with Crippen LogP contribution in [-0.4, -0.2) is 29.6 Å².